The van der Waals surface area contributed by atoms with Crippen molar-refractivity contribution >= 4 is 11.8 Å². The van der Waals surface area contributed by atoms with Crippen LogP contribution in [0.25, 0.3) is 0 Å². The molecule has 5 heteroatoms. The molecule has 2 rings (SSSR count). The third-order valence-electron chi connectivity index (χ3n) is 3.35. The van der Waals surface area contributed by atoms with Crippen molar-refractivity contribution in [1.29, 1.82) is 0 Å². The number of likely N-dealkylation sites (N-methyl/N-ethyl adjacent to an activating group) is 1. The fourth-order valence-corrected chi connectivity index (χ4v) is 2.31. The Kier molecular flexibility index (Phi) is 4.36. The molecule has 0 aromatic carbocycles. The first kappa shape index (κ1) is 13.1. The summed E-state index contributed by atoms with van der Waals surface area (Å²) in [4.78, 5) is 13.1. The number of aromatic nitrogens is 2. The van der Waals surface area contributed by atoms with E-state index in [1.807, 2.05) is 31.3 Å². The molecule has 0 amide bonds. The van der Waals surface area contributed by atoms with Gasteiger partial charge in [-0.15, -0.1) is 0 Å². The Bertz CT molecular complexity index is 379. The van der Waals surface area contributed by atoms with Crippen LogP contribution in [0.15, 0.2) is 12.3 Å². The molecule has 1 unspecified atom stereocenters. The molecular weight excluding hydrogens is 226 g/mol. The Morgan fingerprint density at radius 1 is 1.50 bits per heavy atom. The van der Waals surface area contributed by atoms with Gasteiger partial charge in [0.25, 0.3) is 0 Å². The lowest BCUT2D eigenvalue weighted by molar-refractivity contribution is 0.226. The molecule has 0 bridgehead atoms. The summed E-state index contributed by atoms with van der Waals surface area (Å²) in [6.45, 7) is 5.68. The van der Waals surface area contributed by atoms with Crippen molar-refractivity contribution < 1.29 is 0 Å². The third kappa shape index (κ3) is 3.32. The Morgan fingerprint density at radius 2 is 2.33 bits per heavy atom. The van der Waals surface area contributed by atoms with E-state index in [1.165, 1.54) is 19.4 Å². The highest BCUT2D eigenvalue weighted by Crippen LogP contribution is 2.15. The first-order valence-corrected chi connectivity index (χ1v) is 6.68. The summed E-state index contributed by atoms with van der Waals surface area (Å²) in [6, 6.07) is 2.45. The number of piperidine rings is 1. The average molecular weight is 249 g/mol. The molecule has 100 valence electrons. The Hall–Kier alpha value is -1.36. The SMILES string of the molecule is CCN1CCCC(Nc2ccnc(N(C)C)n2)C1. The highest BCUT2D eigenvalue weighted by molar-refractivity contribution is 5.41. The van der Waals surface area contributed by atoms with E-state index in [-0.39, 0.29) is 0 Å². The van der Waals surface area contributed by atoms with Crippen LogP contribution in [-0.4, -0.2) is 54.6 Å². The van der Waals surface area contributed by atoms with Crippen molar-refractivity contribution in [2.75, 3.05) is 43.9 Å². The summed E-state index contributed by atoms with van der Waals surface area (Å²) in [6.07, 6.45) is 4.29. The minimum atomic E-state index is 0.503. The number of nitrogens with one attached hydrogen (secondary N) is 1. The quantitative estimate of drug-likeness (QED) is 0.874. The zero-order valence-corrected chi connectivity index (χ0v) is 11.6. The number of likely N-dealkylation sites (tertiary alicyclic amines) is 1. The third-order valence-corrected chi connectivity index (χ3v) is 3.35. The van der Waals surface area contributed by atoms with Gasteiger partial charge in [-0.25, -0.2) is 4.98 Å². The molecular formula is C13H23N5. The summed E-state index contributed by atoms with van der Waals surface area (Å²) >= 11 is 0. The van der Waals surface area contributed by atoms with E-state index >= 15 is 0 Å². The van der Waals surface area contributed by atoms with Gasteiger partial charge in [0, 0.05) is 32.9 Å². The van der Waals surface area contributed by atoms with E-state index in [9.17, 15) is 0 Å². The minimum absolute atomic E-state index is 0.503. The van der Waals surface area contributed by atoms with E-state index in [0.29, 0.717) is 6.04 Å². The number of nitrogens with zero attached hydrogens (tertiary/aromatic N) is 4. The van der Waals surface area contributed by atoms with Crippen molar-refractivity contribution in [1.82, 2.24) is 14.9 Å². The fraction of sp³-hybridized carbons (Fsp3) is 0.692. The highest BCUT2D eigenvalue weighted by Gasteiger charge is 2.18. The Morgan fingerprint density at radius 3 is 3.06 bits per heavy atom. The zero-order valence-electron chi connectivity index (χ0n) is 11.6. The molecule has 18 heavy (non-hydrogen) atoms. The largest absolute Gasteiger partial charge is 0.366 e. The number of hydrogen-bond donors (Lipinski definition) is 1. The number of hydrogen-bond acceptors (Lipinski definition) is 5. The van der Waals surface area contributed by atoms with Crippen LogP contribution in [0.2, 0.25) is 0 Å². The van der Waals surface area contributed by atoms with Crippen molar-refractivity contribution in [3.63, 3.8) is 0 Å². The maximum Gasteiger partial charge on any atom is 0.226 e. The molecule has 0 aliphatic carbocycles. The summed E-state index contributed by atoms with van der Waals surface area (Å²) in [7, 11) is 3.91. The molecule has 1 N–H and O–H groups in total. The van der Waals surface area contributed by atoms with Crippen LogP contribution in [0.1, 0.15) is 19.8 Å². The van der Waals surface area contributed by atoms with Gasteiger partial charge in [0.15, 0.2) is 0 Å². The second-order valence-electron chi connectivity index (χ2n) is 5.01. The summed E-state index contributed by atoms with van der Waals surface area (Å²) in [5.41, 5.74) is 0. The second-order valence-corrected chi connectivity index (χ2v) is 5.01. The fourth-order valence-electron chi connectivity index (χ4n) is 2.31. The molecule has 0 radical (unpaired) electrons. The van der Waals surface area contributed by atoms with Crippen LogP contribution in [0.5, 0.6) is 0 Å². The lowest BCUT2D eigenvalue weighted by atomic mass is 10.1. The lowest BCUT2D eigenvalue weighted by Gasteiger charge is -2.32. The van der Waals surface area contributed by atoms with E-state index < -0.39 is 0 Å². The molecule has 0 spiro atoms. The Balaban J connectivity index is 1.98. The molecule has 1 atom stereocenters. The summed E-state index contributed by atoms with van der Waals surface area (Å²) < 4.78 is 0. The molecule has 5 nitrogen and oxygen atoms in total. The van der Waals surface area contributed by atoms with Crippen LogP contribution < -0.4 is 10.2 Å². The van der Waals surface area contributed by atoms with Gasteiger partial charge in [0.2, 0.25) is 5.95 Å². The second kappa shape index (κ2) is 6.00. The van der Waals surface area contributed by atoms with E-state index in [0.717, 1.165) is 24.9 Å². The maximum absolute atomic E-state index is 4.50. The predicted octanol–water partition coefficient (Wildman–Crippen LogP) is 1.44. The van der Waals surface area contributed by atoms with Crippen LogP contribution in [0.3, 0.4) is 0 Å². The molecule has 1 fully saturated rings. The molecule has 2 heterocycles. The maximum atomic E-state index is 4.50. The van der Waals surface area contributed by atoms with Crippen LogP contribution in [0.4, 0.5) is 11.8 Å². The van der Waals surface area contributed by atoms with Gasteiger partial charge in [-0.1, -0.05) is 6.92 Å². The van der Waals surface area contributed by atoms with Crippen LogP contribution >= 0.6 is 0 Å². The minimum Gasteiger partial charge on any atom is -0.366 e. The smallest absolute Gasteiger partial charge is 0.226 e. The molecule has 1 saturated heterocycles. The van der Waals surface area contributed by atoms with Gasteiger partial charge in [0.1, 0.15) is 5.82 Å². The molecule has 1 aliphatic rings. The first-order chi connectivity index (χ1) is 8.69. The normalized spacial score (nSPS) is 20.7. The van der Waals surface area contributed by atoms with Crippen LogP contribution in [0, 0.1) is 0 Å². The standard InChI is InChI=1S/C13H23N5/c1-4-18-9-5-6-11(10-18)15-12-7-8-14-13(16-12)17(2)3/h7-8,11H,4-6,9-10H2,1-3H3,(H,14,15,16). The van der Waals surface area contributed by atoms with Crippen LogP contribution in [-0.2, 0) is 0 Å². The van der Waals surface area contributed by atoms with E-state index in [1.54, 1.807) is 0 Å². The average Bonchev–Trinajstić information content (AvgIpc) is 2.39. The first-order valence-electron chi connectivity index (χ1n) is 6.68. The molecule has 1 aromatic rings. The molecule has 0 saturated carbocycles. The molecule has 1 aromatic heterocycles. The summed E-state index contributed by atoms with van der Waals surface area (Å²) in [5, 5.41) is 3.52. The zero-order chi connectivity index (χ0) is 13.0. The van der Waals surface area contributed by atoms with Gasteiger partial charge in [0.05, 0.1) is 0 Å². The van der Waals surface area contributed by atoms with Crippen molar-refractivity contribution in [2.24, 2.45) is 0 Å². The lowest BCUT2D eigenvalue weighted by Crippen LogP contribution is -2.42. The van der Waals surface area contributed by atoms with Gasteiger partial charge in [-0.2, -0.15) is 4.98 Å². The van der Waals surface area contributed by atoms with Gasteiger partial charge in [-0.3, -0.25) is 0 Å². The van der Waals surface area contributed by atoms with Crippen molar-refractivity contribution in [2.45, 2.75) is 25.8 Å². The topological polar surface area (TPSA) is 44.3 Å². The number of rotatable bonds is 4. The number of anilines is 2. The highest BCUT2D eigenvalue weighted by atomic mass is 15.2. The van der Waals surface area contributed by atoms with Gasteiger partial charge in [-0.05, 0) is 32.0 Å². The predicted molar refractivity (Wildman–Crippen MR) is 75.1 cm³/mol. The monoisotopic (exact) mass is 249 g/mol. The van der Waals surface area contributed by atoms with E-state index in [2.05, 4.69) is 27.1 Å². The Labute approximate surface area is 109 Å². The van der Waals surface area contributed by atoms with Crippen molar-refractivity contribution in [3.05, 3.63) is 12.3 Å². The van der Waals surface area contributed by atoms with Gasteiger partial charge < -0.3 is 15.1 Å². The van der Waals surface area contributed by atoms with Gasteiger partial charge >= 0.3 is 0 Å². The van der Waals surface area contributed by atoms with Crippen molar-refractivity contribution in [3.8, 4) is 0 Å². The van der Waals surface area contributed by atoms with E-state index in [4.69, 9.17) is 0 Å². The molecule has 1 aliphatic heterocycles. The summed E-state index contributed by atoms with van der Waals surface area (Å²) in [5.74, 6) is 1.68.